The largest absolute Gasteiger partial charge is 0.312 e. The summed E-state index contributed by atoms with van der Waals surface area (Å²) < 4.78 is 0. The van der Waals surface area contributed by atoms with Crippen LogP contribution in [-0.4, -0.2) is 36.6 Å². The molecule has 0 aromatic heterocycles. The molecule has 1 N–H and O–H groups in total. The molecular formula is C17H33N3. The molecule has 1 saturated heterocycles. The number of nitrogens with zero attached hydrogens (tertiary/aromatic N) is 2. The first-order chi connectivity index (χ1) is 9.22. The topological polar surface area (TPSA) is 39.1 Å². The Hall–Kier alpha value is -0.590. The van der Waals surface area contributed by atoms with E-state index in [-0.39, 0.29) is 11.0 Å². The standard InChI is InChI=1S/C17H33N3/c1-16(2,3)19-13-15-7-11-20(12-8-15)10-6-9-17(4,5)14-18/h15,19H,6-13H2,1-5H3. The van der Waals surface area contributed by atoms with Gasteiger partial charge in [-0.2, -0.15) is 5.26 Å². The van der Waals surface area contributed by atoms with Crippen LogP contribution in [0.1, 0.15) is 60.3 Å². The number of piperidine rings is 1. The summed E-state index contributed by atoms with van der Waals surface area (Å²) in [4.78, 5) is 2.57. The van der Waals surface area contributed by atoms with Gasteiger partial charge in [0.05, 0.1) is 11.5 Å². The zero-order valence-corrected chi connectivity index (χ0v) is 14.1. The molecule has 1 fully saturated rings. The van der Waals surface area contributed by atoms with Crippen molar-refractivity contribution in [1.29, 1.82) is 5.26 Å². The first-order valence-corrected chi connectivity index (χ1v) is 8.10. The number of nitrogens with one attached hydrogen (secondary N) is 1. The van der Waals surface area contributed by atoms with Gasteiger partial charge in [-0.25, -0.2) is 0 Å². The molecule has 1 aliphatic heterocycles. The minimum atomic E-state index is -0.158. The first kappa shape index (κ1) is 17.5. The van der Waals surface area contributed by atoms with Gasteiger partial charge in [0.15, 0.2) is 0 Å². The molecule has 3 heteroatoms. The van der Waals surface area contributed by atoms with Gasteiger partial charge < -0.3 is 10.2 Å². The van der Waals surface area contributed by atoms with Crippen molar-refractivity contribution in [2.45, 2.75) is 65.8 Å². The average molecular weight is 279 g/mol. The predicted molar refractivity (Wildman–Crippen MR) is 85.5 cm³/mol. The van der Waals surface area contributed by atoms with Crippen LogP contribution in [0.5, 0.6) is 0 Å². The van der Waals surface area contributed by atoms with Crippen LogP contribution in [0.3, 0.4) is 0 Å². The molecule has 1 rings (SSSR count). The Morgan fingerprint density at radius 3 is 2.25 bits per heavy atom. The van der Waals surface area contributed by atoms with E-state index in [9.17, 15) is 0 Å². The highest BCUT2D eigenvalue weighted by atomic mass is 15.1. The van der Waals surface area contributed by atoms with Gasteiger partial charge in [0.25, 0.3) is 0 Å². The summed E-state index contributed by atoms with van der Waals surface area (Å²) in [5.41, 5.74) is 0.0783. The maximum atomic E-state index is 9.02. The number of hydrogen-bond donors (Lipinski definition) is 1. The number of nitriles is 1. The molecule has 0 atom stereocenters. The molecule has 0 spiro atoms. The maximum Gasteiger partial charge on any atom is 0.0683 e. The molecule has 0 unspecified atom stereocenters. The lowest BCUT2D eigenvalue weighted by Crippen LogP contribution is -2.43. The van der Waals surface area contributed by atoms with Gasteiger partial charge in [-0.1, -0.05) is 0 Å². The second kappa shape index (κ2) is 7.43. The van der Waals surface area contributed by atoms with Gasteiger partial charge in [0.2, 0.25) is 0 Å². The van der Waals surface area contributed by atoms with Gasteiger partial charge >= 0.3 is 0 Å². The van der Waals surface area contributed by atoms with E-state index in [0.29, 0.717) is 0 Å². The molecule has 0 saturated carbocycles. The molecule has 116 valence electrons. The third kappa shape index (κ3) is 7.26. The number of hydrogen-bond acceptors (Lipinski definition) is 3. The van der Waals surface area contributed by atoms with Crippen LogP contribution in [0.15, 0.2) is 0 Å². The lowest BCUT2D eigenvalue weighted by atomic mass is 9.89. The molecule has 0 aromatic carbocycles. The quantitative estimate of drug-likeness (QED) is 0.810. The van der Waals surface area contributed by atoms with Crippen molar-refractivity contribution >= 4 is 0 Å². The van der Waals surface area contributed by atoms with E-state index in [4.69, 9.17) is 5.26 Å². The normalized spacial score (nSPS) is 19.0. The van der Waals surface area contributed by atoms with Crippen molar-refractivity contribution in [3.63, 3.8) is 0 Å². The summed E-state index contributed by atoms with van der Waals surface area (Å²) in [5.74, 6) is 0.834. The Morgan fingerprint density at radius 2 is 1.75 bits per heavy atom. The Bertz CT molecular complexity index is 314. The molecule has 1 heterocycles. The summed E-state index contributed by atoms with van der Waals surface area (Å²) in [7, 11) is 0. The highest BCUT2D eigenvalue weighted by molar-refractivity contribution is 4.91. The van der Waals surface area contributed by atoms with Gasteiger partial charge in [0.1, 0.15) is 0 Å². The summed E-state index contributed by atoms with van der Waals surface area (Å²) in [6, 6.07) is 2.39. The summed E-state index contributed by atoms with van der Waals surface area (Å²) >= 11 is 0. The molecule has 0 bridgehead atoms. The second-order valence-electron chi connectivity index (χ2n) is 8.02. The van der Waals surface area contributed by atoms with Crippen LogP contribution in [0.4, 0.5) is 0 Å². The van der Waals surface area contributed by atoms with E-state index in [2.05, 4.69) is 37.1 Å². The first-order valence-electron chi connectivity index (χ1n) is 8.10. The van der Waals surface area contributed by atoms with Crippen molar-refractivity contribution in [2.24, 2.45) is 11.3 Å². The minimum Gasteiger partial charge on any atom is -0.312 e. The Labute approximate surface area is 125 Å². The van der Waals surface area contributed by atoms with Crippen molar-refractivity contribution < 1.29 is 0 Å². The summed E-state index contributed by atoms with van der Waals surface area (Å²) in [6.07, 6.45) is 4.77. The Morgan fingerprint density at radius 1 is 1.15 bits per heavy atom. The van der Waals surface area contributed by atoms with Crippen molar-refractivity contribution in [3.8, 4) is 6.07 Å². The molecule has 1 aliphatic rings. The smallest absolute Gasteiger partial charge is 0.0683 e. The van der Waals surface area contributed by atoms with Gasteiger partial charge in [-0.05, 0) is 92.4 Å². The van der Waals surface area contributed by atoms with Crippen LogP contribution < -0.4 is 5.32 Å². The molecule has 20 heavy (non-hydrogen) atoms. The molecule has 0 radical (unpaired) electrons. The fourth-order valence-electron chi connectivity index (χ4n) is 2.67. The highest BCUT2D eigenvalue weighted by Crippen LogP contribution is 2.22. The Kier molecular flexibility index (Phi) is 6.48. The third-order valence-electron chi connectivity index (χ3n) is 4.21. The van der Waals surface area contributed by atoms with Crippen LogP contribution in [0, 0.1) is 22.7 Å². The van der Waals surface area contributed by atoms with Gasteiger partial charge in [-0.3, -0.25) is 0 Å². The number of likely N-dealkylation sites (tertiary alicyclic amines) is 1. The highest BCUT2D eigenvalue weighted by Gasteiger charge is 2.22. The molecule has 3 nitrogen and oxygen atoms in total. The summed E-state index contributed by atoms with van der Waals surface area (Å²) in [5, 5.41) is 12.6. The number of rotatable bonds is 6. The van der Waals surface area contributed by atoms with E-state index in [1.54, 1.807) is 0 Å². The van der Waals surface area contributed by atoms with E-state index in [0.717, 1.165) is 31.8 Å². The predicted octanol–water partition coefficient (Wildman–Crippen LogP) is 3.42. The van der Waals surface area contributed by atoms with E-state index < -0.39 is 0 Å². The minimum absolute atomic E-state index is 0.158. The second-order valence-corrected chi connectivity index (χ2v) is 8.02. The Balaban J connectivity index is 2.15. The molecule has 0 aliphatic carbocycles. The van der Waals surface area contributed by atoms with E-state index in [1.807, 2.05) is 13.8 Å². The third-order valence-corrected chi connectivity index (χ3v) is 4.21. The van der Waals surface area contributed by atoms with Crippen LogP contribution in [0.2, 0.25) is 0 Å². The van der Waals surface area contributed by atoms with Crippen molar-refractivity contribution in [2.75, 3.05) is 26.2 Å². The van der Waals surface area contributed by atoms with Crippen molar-refractivity contribution in [3.05, 3.63) is 0 Å². The van der Waals surface area contributed by atoms with E-state index >= 15 is 0 Å². The van der Waals surface area contributed by atoms with Crippen LogP contribution in [-0.2, 0) is 0 Å². The zero-order chi connectivity index (χ0) is 15.2. The average Bonchev–Trinajstić information content (AvgIpc) is 2.37. The van der Waals surface area contributed by atoms with E-state index in [1.165, 1.54) is 25.9 Å². The lowest BCUT2D eigenvalue weighted by molar-refractivity contribution is 0.170. The van der Waals surface area contributed by atoms with Gasteiger partial charge in [-0.15, -0.1) is 0 Å². The van der Waals surface area contributed by atoms with Crippen LogP contribution in [0.25, 0.3) is 0 Å². The SMILES string of the molecule is CC(C)(C#N)CCCN1CCC(CNC(C)(C)C)CC1. The fraction of sp³-hybridized carbons (Fsp3) is 0.941. The van der Waals surface area contributed by atoms with Crippen LogP contribution >= 0.6 is 0 Å². The fourth-order valence-corrected chi connectivity index (χ4v) is 2.67. The monoisotopic (exact) mass is 279 g/mol. The van der Waals surface area contributed by atoms with Crippen molar-refractivity contribution in [1.82, 2.24) is 10.2 Å². The molecule has 0 aromatic rings. The lowest BCUT2D eigenvalue weighted by Gasteiger charge is -2.34. The zero-order valence-electron chi connectivity index (χ0n) is 14.1. The molecular weight excluding hydrogens is 246 g/mol. The summed E-state index contributed by atoms with van der Waals surface area (Å²) in [6.45, 7) is 15.5. The molecule has 0 amide bonds. The maximum absolute atomic E-state index is 9.02. The van der Waals surface area contributed by atoms with Gasteiger partial charge in [0, 0.05) is 5.54 Å².